The van der Waals surface area contributed by atoms with Gasteiger partial charge in [0.05, 0.1) is 29.1 Å². The topological polar surface area (TPSA) is 69.0 Å². The maximum atomic E-state index is 12.2. The van der Waals surface area contributed by atoms with E-state index < -0.39 is 6.10 Å². The minimum absolute atomic E-state index is 0.220. The molecule has 3 aromatic rings. The molecular formula is C17H17ClN4O2S. The Morgan fingerprint density at radius 2 is 2.16 bits per heavy atom. The maximum absolute atomic E-state index is 12.2. The van der Waals surface area contributed by atoms with Crippen LogP contribution in [0.25, 0.3) is 5.69 Å². The highest BCUT2D eigenvalue weighted by molar-refractivity contribution is 7.09. The molecule has 8 heteroatoms. The molecular weight excluding hydrogens is 360 g/mol. The van der Waals surface area contributed by atoms with Crippen LogP contribution in [0, 0.1) is 6.92 Å². The van der Waals surface area contributed by atoms with Crippen molar-refractivity contribution in [3.05, 3.63) is 57.6 Å². The van der Waals surface area contributed by atoms with Crippen LogP contribution in [-0.4, -0.2) is 26.8 Å². The number of ether oxygens (including phenoxy) is 1. The number of amides is 1. The van der Waals surface area contributed by atoms with E-state index in [9.17, 15) is 4.79 Å². The number of nitrogens with zero attached hydrogens (tertiary/aromatic N) is 3. The van der Waals surface area contributed by atoms with Gasteiger partial charge in [0.15, 0.2) is 6.10 Å². The molecule has 0 saturated carbocycles. The van der Waals surface area contributed by atoms with Crippen molar-refractivity contribution < 1.29 is 9.53 Å². The lowest BCUT2D eigenvalue weighted by atomic mass is 10.3. The van der Waals surface area contributed by atoms with E-state index in [-0.39, 0.29) is 11.8 Å². The number of para-hydroxylation sites is 1. The minimum atomic E-state index is -0.726. The van der Waals surface area contributed by atoms with Crippen LogP contribution in [0.5, 0.6) is 5.88 Å². The molecule has 1 N–H and O–H groups in total. The fourth-order valence-corrected chi connectivity index (χ4v) is 2.95. The third-order valence-electron chi connectivity index (χ3n) is 3.43. The van der Waals surface area contributed by atoms with E-state index in [1.54, 1.807) is 29.1 Å². The van der Waals surface area contributed by atoms with E-state index in [0.717, 1.165) is 16.4 Å². The Morgan fingerprint density at radius 1 is 1.40 bits per heavy atom. The van der Waals surface area contributed by atoms with E-state index in [0.29, 0.717) is 11.6 Å². The molecule has 0 aliphatic rings. The van der Waals surface area contributed by atoms with E-state index in [4.69, 9.17) is 16.3 Å². The van der Waals surface area contributed by atoms with Crippen LogP contribution in [0.4, 0.5) is 0 Å². The molecule has 2 aromatic heterocycles. The molecule has 1 aromatic carbocycles. The smallest absolute Gasteiger partial charge is 0.261 e. The highest BCUT2D eigenvalue weighted by atomic mass is 35.5. The summed E-state index contributed by atoms with van der Waals surface area (Å²) in [5, 5.41) is 10.3. The van der Waals surface area contributed by atoms with Crippen LogP contribution < -0.4 is 10.1 Å². The lowest BCUT2D eigenvalue weighted by Crippen LogP contribution is -2.36. The number of hydrogen-bond acceptors (Lipinski definition) is 5. The van der Waals surface area contributed by atoms with Crippen LogP contribution in [-0.2, 0) is 11.3 Å². The Balaban J connectivity index is 1.61. The molecule has 0 aliphatic carbocycles. The lowest BCUT2D eigenvalue weighted by Gasteiger charge is -2.12. The standard InChI is InChI=1S/C17H17ClN4O2S/c1-11(16(23)19-8-13-10-25-12(2)20-13)24-17-15(18)9-22(21-17)14-6-4-3-5-7-14/h3-7,9-11H,8H2,1-2H3,(H,19,23)/t11-/m0/s1. The molecule has 2 heterocycles. The van der Waals surface area contributed by atoms with Crippen LogP contribution in [0.3, 0.4) is 0 Å². The summed E-state index contributed by atoms with van der Waals surface area (Å²) in [4.78, 5) is 16.5. The van der Waals surface area contributed by atoms with Crippen molar-refractivity contribution in [2.75, 3.05) is 0 Å². The maximum Gasteiger partial charge on any atom is 0.261 e. The summed E-state index contributed by atoms with van der Waals surface area (Å²) in [6.45, 7) is 3.94. The lowest BCUT2D eigenvalue weighted by molar-refractivity contribution is -0.127. The zero-order valence-electron chi connectivity index (χ0n) is 13.8. The van der Waals surface area contributed by atoms with Crippen molar-refractivity contribution in [2.24, 2.45) is 0 Å². The van der Waals surface area contributed by atoms with Crippen molar-refractivity contribution in [2.45, 2.75) is 26.5 Å². The third kappa shape index (κ3) is 4.37. The Labute approximate surface area is 154 Å². The summed E-state index contributed by atoms with van der Waals surface area (Å²) in [6, 6.07) is 9.53. The summed E-state index contributed by atoms with van der Waals surface area (Å²) in [5.41, 5.74) is 1.68. The highest BCUT2D eigenvalue weighted by Gasteiger charge is 2.19. The van der Waals surface area contributed by atoms with Crippen molar-refractivity contribution >= 4 is 28.8 Å². The predicted octanol–water partition coefficient (Wildman–Crippen LogP) is 3.37. The van der Waals surface area contributed by atoms with Crippen LogP contribution in [0.15, 0.2) is 41.9 Å². The number of carbonyl (C=O) groups is 1. The Hall–Kier alpha value is -2.38. The molecule has 1 atom stereocenters. The van der Waals surface area contributed by atoms with Crippen LogP contribution >= 0.6 is 22.9 Å². The highest BCUT2D eigenvalue weighted by Crippen LogP contribution is 2.25. The summed E-state index contributed by atoms with van der Waals surface area (Å²) in [7, 11) is 0. The molecule has 0 spiro atoms. The molecule has 1 amide bonds. The van der Waals surface area contributed by atoms with E-state index >= 15 is 0 Å². The van der Waals surface area contributed by atoms with Gasteiger partial charge in [0.25, 0.3) is 11.8 Å². The molecule has 25 heavy (non-hydrogen) atoms. The number of halogens is 1. The Bertz CT molecular complexity index is 863. The second-order valence-electron chi connectivity index (χ2n) is 5.40. The average Bonchev–Trinajstić information content (AvgIpc) is 3.19. The first kappa shape index (κ1) is 17.4. The van der Waals surface area contributed by atoms with Gasteiger partial charge in [0, 0.05) is 5.38 Å². The number of aromatic nitrogens is 3. The molecule has 0 aliphatic heterocycles. The average molecular weight is 377 g/mol. The van der Waals surface area contributed by atoms with Gasteiger partial charge in [-0.15, -0.1) is 16.4 Å². The largest absolute Gasteiger partial charge is 0.462 e. The van der Waals surface area contributed by atoms with Crippen molar-refractivity contribution in [1.29, 1.82) is 0 Å². The first-order valence-corrected chi connectivity index (χ1v) is 8.94. The van der Waals surface area contributed by atoms with Crippen molar-refractivity contribution in [3.8, 4) is 11.6 Å². The van der Waals surface area contributed by atoms with Gasteiger partial charge in [-0.25, -0.2) is 9.67 Å². The van der Waals surface area contributed by atoms with Gasteiger partial charge >= 0.3 is 0 Å². The molecule has 0 radical (unpaired) electrons. The molecule has 3 rings (SSSR count). The molecule has 6 nitrogen and oxygen atoms in total. The molecule has 0 unspecified atom stereocenters. The molecule has 130 valence electrons. The van der Waals surface area contributed by atoms with Crippen molar-refractivity contribution in [3.63, 3.8) is 0 Å². The van der Waals surface area contributed by atoms with E-state index in [1.807, 2.05) is 42.6 Å². The van der Waals surface area contributed by atoms with E-state index in [1.165, 1.54) is 0 Å². The van der Waals surface area contributed by atoms with Gasteiger partial charge < -0.3 is 10.1 Å². The number of benzene rings is 1. The molecule has 0 saturated heterocycles. The van der Waals surface area contributed by atoms with E-state index in [2.05, 4.69) is 15.4 Å². The summed E-state index contributed by atoms with van der Waals surface area (Å²) < 4.78 is 7.22. The number of nitrogens with one attached hydrogen (secondary N) is 1. The van der Waals surface area contributed by atoms with Crippen molar-refractivity contribution in [1.82, 2.24) is 20.1 Å². The number of rotatable bonds is 6. The third-order valence-corrected chi connectivity index (χ3v) is 4.51. The number of carbonyl (C=O) groups excluding carboxylic acids is 1. The van der Waals surface area contributed by atoms with Gasteiger partial charge in [0.1, 0.15) is 5.02 Å². The van der Waals surface area contributed by atoms with Gasteiger partial charge in [-0.2, -0.15) is 0 Å². The predicted molar refractivity (Wildman–Crippen MR) is 97.4 cm³/mol. The van der Waals surface area contributed by atoms with Gasteiger partial charge in [-0.1, -0.05) is 29.8 Å². The Kier molecular flexibility index (Phi) is 5.35. The number of aryl methyl sites for hydroxylation is 1. The van der Waals surface area contributed by atoms with Crippen LogP contribution in [0.1, 0.15) is 17.6 Å². The quantitative estimate of drug-likeness (QED) is 0.716. The number of hydrogen-bond donors (Lipinski definition) is 1. The normalized spacial score (nSPS) is 12.0. The SMILES string of the molecule is Cc1nc(CNC(=O)[C@H](C)Oc2nn(-c3ccccc3)cc2Cl)cs1. The summed E-state index contributed by atoms with van der Waals surface area (Å²) >= 11 is 7.72. The monoisotopic (exact) mass is 376 g/mol. The summed E-state index contributed by atoms with van der Waals surface area (Å²) in [6.07, 6.45) is 0.922. The Morgan fingerprint density at radius 3 is 2.84 bits per heavy atom. The van der Waals surface area contributed by atoms with Gasteiger partial charge in [-0.3, -0.25) is 4.79 Å². The number of thiazole rings is 1. The fourth-order valence-electron chi connectivity index (χ4n) is 2.16. The zero-order valence-corrected chi connectivity index (χ0v) is 15.3. The second-order valence-corrected chi connectivity index (χ2v) is 6.87. The van der Waals surface area contributed by atoms with Crippen LogP contribution in [0.2, 0.25) is 5.02 Å². The second kappa shape index (κ2) is 7.67. The first-order chi connectivity index (χ1) is 12.0. The molecule has 0 fully saturated rings. The fraction of sp³-hybridized carbons (Fsp3) is 0.235. The van der Waals surface area contributed by atoms with Gasteiger partial charge in [-0.05, 0) is 26.0 Å². The van der Waals surface area contributed by atoms with Gasteiger partial charge in [0.2, 0.25) is 0 Å². The molecule has 0 bridgehead atoms. The minimum Gasteiger partial charge on any atom is -0.462 e. The summed E-state index contributed by atoms with van der Waals surface area (Å²) in [5.74, 6) is -0.0337. The zero-order chi connectivity index (χ0) is 17.8. The first-order valence-electron chi connectivity index (χ1n) is 7.69.